The average Bonchev–Trinajstić information content (AvgIpc) is 2.27. The van der Waals surface area contributed by atoms with Crippen LogP contribution in [0.4, 0.5) is 13.2 Å². The molecule has 0 spiro atoms. The van der Waals surface area contributed by atoms with Gasteiger partial charge in [0.1, 0.15) is 6.54 Å². The highest BCUT2D eigenvalue weighted by atomic mass is 79.9. The van der Waals surface area contributed by atoms with Crippen molar-refractivity contribution >= 4 is 26.0 Å². The molecule has 0 amide bonds. The Kier molecular flexibility index (Phi) is 4.99. The second kappa shape index (κ2) is 5.78. The molecule has 0 saturated heterocycles. The number of benzene rings is 1. The van der Waals surface area contributed by atoms with Crippen LogP contribution in [0, 0.1) is 0 Å². The first-order chi connectivity index (χ1) is 8.58. The fourth-order valence-electron chi connectivity index (χ4n) is 1.35. The van der Waals surface area contributed by atoms with E-state index in [1.807, 2.05) is 0 Å². The van der Waals surface area contributed by atoms with Gasteiger partial charge in [0.15, 0.2) is 0 Å². The van der Waals surface area contributed by atoms with Crippen LogP contribution in [-0.4, -0.2) is 37.6 Å². The van der Waals surface area contributed by atoms with Gasteiger partial charge in [0, 0.05) is 11.5 Å². The molecule has 0 bridgehead atoms. The van der Waals surface area contributed by atoms with E-state index in [0.717, 1.165) is 13.1 Å². The van der Waals surface area contributed by atoms with Crippen LogP contribution < -0.4 is 0 Å². The molecule has 9 heteroatoms. The molecule has 19 heavy (non-hydrogen) atoms. The van der Waals surface area contributed by atoms with E-state index in [1.54, 1.807) is 0 Å². The normalized spacial score (nSPS) is 13.0. The molecular formula is C10H11BrF3NO3S. The fourth-order valence-corrected chi connectivity index (χ4v) is 3.48. The van der Waals surface area contributed by atoms with Crippen LogP contribution in [0.3, 0.4) is 0 Å². The molecule has 1 rings (SSSR count). The summed E-state index contributed by atoms with van der Waals surface area (Å²) in [5, 5.41) is 8.94. The van der Waals surface area contributed by atoms with E-state index in [9.17, 15) is 21.6 Å². The quantitative estimate of drug-likeness (QED) is 0.893. The first-order valence-electron chi connectivity index (χ1n) is 5.00. The molecule has 0 heterocycles. The number of sulfonamides is 1. The molecule has 108 valence electrons. The Hall–Kier alpha value is -0.640. The van der Waals surface area contributed by atoms with Gasteiger partial charge in [-0.25, -0.2) is 8.42 Å². The monoisotopic (exact) mass is 361 g/mol. The summed E-state index contributed by atoms with van der Waals surface area (Å²) in [6, 6.07) is 3.96. The Morgan fingerprint density at radius 3 is 2.42 bits per heavy atom. The first kappa shape index (κ1) is 16.4. The highest BCUT2D eigenvalue weighted by Gasteiger charge is 2.35. The van der Waals surface area contributed by atoms with Crippen molar-refractivity contribution in [2.75, 3.05) is 13.6 Å². The number of nitrogens with zero attached hydrogens (tertiary/aromatic N) is 1. The van der Waals surface area contributed by atoms with E-state index in [1.165, 1.54) is 12.1 Å². The Morgan fingerprint density at radius 2 is 1.95 bits per heavy atom. The van der Waals surface area contributed by atoms with Crippen LogP contribution in [0.2, 0.25) is 0 Å². The van der Waals surface area contributed by atoms with Gasteiger partial charge in [-0.2, -0.15) is 17.5 Å². The zero-order valence-electron chi connectivity index (χ0n) is 9.78. The number of halogens is 4. The van der Waals surface area contributed by atoms with E-state index in [0.29, 0.717) is 5.56 Å². The molecule has 1 N–H and O–H groups in total. The highest BCUT2D eigenvalue weighted by Crippen LogP contribution is 2.27. The Balaban J connectivity index is 3.20. The first-order valence-corrected chi connectivity index (χ1v) is 7.23. The third-order valence-corrected chi connectivity index (χ3v) is 5.07. The standard InChI is InChI=1S/C10H11BrF3NO3S/c1-15(6-10(12,13)14)19(17,18)9-4-7(5-16)2-3-8(9)11/h2-4,16H,5-6H2,1H3. The van der Waals surface area contributed by atoms with E-state index in [2.05, 4.69) is 15.9 Å². The van der Waals surface area contributed by atoms with Crippen molar-refractivity contribution in [3.63, 3.8) is 0 Å². The lowest BCUT2D eigenvalue weighted by Crippen LogP contribution is -2.36. The van der Waals surface area contributed by atoms with Crippen molar-refractivity contribution in [3.8, 4) is 0 Å². The molecule has 0 radical (unpaired) electrons. The number of rotatable bonds is 4. The molecule has 0 aliphatic rings. The molecule has 0 unspecified atom stereocenters. The third-order valence-electron chi connectivity index (χ3n) is 2.27. The van der Waals surface area contributed by atoms with Crippen molar-refractivity contribution in [2.45, 2.75) is 17.7 Å². The lowest BCUT2D eigenvalue weighted by Gasteiger charge is -2.19. The van der Waals surface area contributed by atoms with Crippen molar-refractivity contribution < 1.29 is 26.7 Å². The molecule has 0 saturated carbocycles. The Morgan fingerprint density at radius 1 is 1.37 bits per heavy atom. The maximum atomic E-state index is 12.2. The predicted octanol–water partition coefficient (Wildman–Crippen LogP) is 2.12. The van der Waals surface area contributed by atoms with Crippen LogP contribution in [0.25, 0.3) is 0 Å². The summed E-state index contributed by atoms with van der Waals surface area (Å²) in [7, 11) is -3.43. The molecule has 0 aromatic heterocycles. The number of alkyl halides is 3. The molecule has 0 aliphatic heterocycles. The van der Waals surface area contributed by atoms with E-state index >= 15 is 0 Å². The van der Waals surface area contributed by atoms with Gasteiger partial charge in [0.05, 0.1) is 11.5 Å². The fraction of sp³-hybridized carbons (Fsp3) is 0.400. The van der Waals surface area contributed by atoms with Gasteiger partial charge in [-0.05, 0) is 33.6 Å². The second-order valence-corrected chi connectivity index (χ2v) is 6.67. The molecule has 1 aromatic rings. The third kappa shape index (κ3) is 4.16. The van der Waals surface area contributed by atoms with Crippen molar-refractivity contribution in [1.29, 1.82) is 0 Å². The Bertz CT molecular complexity index is 560. The maximum absolute atomic E-state index is 12.2. The molecule has 4 nitrogen and oxygen atoms in total. The minimum absolute atomic E-state index is 0.138. The minimum atomic E-state index is -4.62. The van der Waals surface area contributed by atoms with Crippen molar-refractivity contribution in [1.82, 2.24) is 4.31 Å². The van der Waals surface area contributed by atoms with Gasteiger partial charge in [0.25, 0.3) is 0 Å². The minimum Gasteiger partial charge on any atom is -0.392 e. The SMILES string of the molecule is CN(CC(F)(F)F)S(=O)(=O)c1cc(CO)ccc1Br. The van der Waals surface area contributed by atoms with Crippen LogP contribution in [0.5, 0.6) is 0 Å². The topological polar surface area (TPSA) is 57.6 Å². The lowest BCUT2D eigenvalue weighted by molar-refractivity contribution is -0.134. The van der Waals surface area contributed by atoms with Gasteiger partial charge in [-0.3, -0.25) is 0 Å². The molecule has 0 fully saturated rings. The summed E-state index contributed by atoms with van der Waals surface area (Å²) in [5.41, 5.74) is 0.294. The zero-order valence-corrected chi connectivity index (χ0v) is 12.2. The maximum Gasteiger partial charge on any atom is 0.402 e. The average molecular weight is 362 g/mol. The van der Waals surface area contributed by atoms with Gasteiger partial charge in [-0.15, -0.1) is 0 Å². The molecule has 0 aliphatic carbocycles. The summed E-state index contributed by atoms with van der Waals surface area (Å²) >= 11 is 2.97. The smallest absolute Gasteiger partial charge is 0.392 e. The van der Waals surface area contributed by atoms with Crippen LogP contribution in [-0.2, 0) is 16.6 Å². The number of hydrogen-bond acceptors (Lipinski definition) is 3. The van der Waals surface area contributed by atoms with E-state index in [4.69, 9.17) is 5.11 Å². The van der Waals surface area contributed by atoms with Crippen molar-refractivity contribution in [3.05, 3.63) is 28.2 Å². The summed E-state index contributed by atoms with van der Waals surface area (Å²) in [5.74, 6) is 0. The number of aliphatic hydroxyl groups excluding tert-OH is 1. The van der Waals surface area contributed by atoms with Gasteiger partial charge < -0.3 is 5.11 Å². The highest BCUT2D eigenvalue weighted by molar-refractivity contribution is 9.10. The summed E-state index contributed by atoms with van der Waals surface area (Å²) < 4.78 is 61.1. The molecular weight excluding hydrogens is 351 g/mol. The summed E-state index contributed by atoms with van der Waals surface area (Å²) in [6.45, 7) is -1.98. The van der Waals surface area contributed by atoms with E-state index < -0.39 is 29.4 Å². The van der Waals surface area contributed by atoms with Crippen molar-refractivity contribution in [2.24, 2.45) is 0 Å². The lowest BCUT2D eigenvalue weighted by atomic mass is 10.2. The number of aliphatic hydroxyl groups is 1. The summed E-state index contributed by atoms with van der Waals surface area (Å²) in [6.07, 6.45) is -4.62. The van der Waals surface area contributed by atoms with E-state index in [-0.39, 0.29) is 13.7 Å². The second-order valence-electron chi connectivity index (χ2n) is 3.80. The molecule has 1 aromatic carbocycles. The van der Waals surface area contributed by atoms with Crippen LogP contribution in [0.1, 0.15) is 5.56 Å². The largest absolute Gasteiger partial charge is 0.402 e. The predicted molar refractivity (Wildman–Crippen MR) is 65.9 cm³/mol. The van der Waals surface area contributed by atoms with Crippen LogP contribution in [0.15, 0.2) is 27.6 Å². The number of hydrogen-bond donors (Lipinski definition) is 1. The van der Waals surface area contributed by atoms with Gasteiger partial charge in [-0.1, -0.05) is 6.07 Å². The van der Waals surface area contributed by atoms with Gasteiger partial charge >= 0.3 is 6.18 Å². The Labute approximate surface area is 117 Å². The molecule has 0 atom stereocenters. The zero-order chi connectivity index (χ0) is 14.8. The van der Waals surface area contributed by atoms with Gasteiger partial charge in [0.2, 0.25) is 10.0 Å². The summed E-state index contributed by atoms with van der Waals surface area (Å²) in [4.78, 5) is -0.314. The van der Waals surface area contributed by atoms with Crippen LogP contribution >= 0.6 is 15.9 Å².